The Morgan fingerprint density at radius 3 is 2.46 bits per heavy atom. The second-order valence-electron chi connectivity index (χ2n) is 8.52. The molecular formula is C23H32N2O3. The van der Waals surface area contributed by atoms with Crippen LogP contribution < -0.4 is 0 Å². The molecule has 1 unspecified atom stereocenters. The molecule has 5 nitrogen and oxygen atoms in total. The van der Waals surface area contributed by atoms with E-state index in [9.17, 15) is 9.59 Å². The van der Waals surface area contributed by atoms with E-state index in [1.165, 1.54) is 12.8 Å². The van der Waals surface area contributed by atoms with E-state index in [4.69, 9.17) is 4.74 Å². The number of carbonyl (C=O) groups is 2. The predicted molar refractivity (Wildman–Crippen MR) is 108 cm³/mol. The molecule has 1 spiro atoms. The summed E-state index contributed by atoms with van der Waals surface area (Å²) < 4.78 is 5.34. The largest absolute Gasteiger partial charge is 0.383 e. The van der Waals surface area contributed by atoms with Crippen LogP contribution in [0.3, 0.4) is 0 Å². The highest BCUT2D eigenvalue weighted by Gasteiger charge is 2.55. The van der Waals surface area contributed by atoms with Crippen LogP contribution in [-0.2, 0) is 9.53 Å². The number of benzene rings is 1. The van der Waals surface area contributed by atoms with Crippen molar-refractivity contribution in [1.29, 1.82) is 0 Å². The third-order valence-electron chi connectivity index (χ3n) is 6.98. The molecule has 0 bridgehead atoms. The van der Waals surface area contributed by atoms with Gasteiger partial charge in [-0.2, -0.15) is 0 Å². The van der Waals surface area contributed by atoms with Gasteiger partial charge in [0.05, 0.1) is 18.1 Å². The fraction of sp³-hybridized carbons (Fsp3) is 0.652. The fourth-order valence-electron chi connectivity index (χ4n) is 5.63. The third kappa shape index (κ3) is 3.24. The number of ether oxygens (including phenoxy) is 1. The van der Waals surface area contributed by atoms with Crippen molar-refractivity contribution >= 4 is 11.8 Å². The van der Waals surface area contributed by atoms with Gasteiger partial charge in [0.25, 0.3) is 5.91 Å². The fourth-order valence-corrected chi connectivity index (χ4v) is 5.63. The summed E-state index contributed by atoms with van der Waals surface area (Å²) in [7, 11) is 1.67. The molecule has 152 valence electrons. The molecule has 2 amide bonds. The predicted octanol–water partition coefficient (Wildman–Crippen LogP) is 3.59. The zero-order chi connectivity index (χ0) is 19.6. The van der Waals surface area contributed by atoms with Gasteiger partial charge in [0, 0.05) is 32.3 Å². The van der Waals surface area contributed by atoms with Gasteiger partial charge in [0.1, 0.15) is 0 Å². The molecule has 5 heteroatoms. The van der Waals surface area contributed by atoms with Crippen LogP contribution in [0.1, 0.15) is 73.2 Å². The highest BCUT2D eigenvalue weighted by atomic mass is 16.5. The molecule has 2 fully saturated rings. The van der Waals surface area contributed by atoms with Crippen LogP contribution in [0.2, 0.25) is 0 Å². The minimum Gasteiger partial charge on any atom is -0.383 e. The Balaban J connectivity index is 1.81. The number of carbonyl (C=O) groups excluding carboxylic acids is 2. The lowest BCUT2D eigenvalue weighted by Crippen LogP contribution is -2.63. The minimum atomic E-state index is -0.406. The van der Waals surface area contributed by atoms with Crippen molar-refractivity contribution in [2.24, 2.45) is 0 Å². The Morgan fingerprint density at radius 2 is 1.75 bits per heavy atom. The lowest BCUT2D eigenvalue weighted by atomic mass is 9.65. The van der Waals surface area contributed by atoms with E-state index in [1.807, 2.05) is 29.2 Å². The molecule has 1 atom stereocenters. The summed E-state index contributed by atoms with van der Waals surface area (Å²) in [5, 5.41) is 0. The molecule has 1 saturated heterocycles. The normalized spacial score (nSPS) is 24.3. The van der Waals surface area contributed by atoms with E-state index in [0.29, 0.717) is 18.7 Å². The first kappa shape index (κ1) is 19.4. The standard InChI is InChI=1S/C23H32N2O3/c1-28-17-16-25-21(26)19-11-5-4-10-18(19)20(23(25)12-6-2-7-13-23)22(27)24-14-8-3-9-15-24/h4-5,10-11,20H,2-3,6-9,12-17H2,1H3. The molecule has 0 radical (unpaired) electrons. The van der Waals surface area contributed by atoms with Crippen LogP contribution in [0.25, 0.3) is 0 Å². The number of methoxy groups -OCH3 is 1. The minimum absolute atomic E-state index is 0.0669. The lowest BCUT2D eigenvalue weighted by Gasteiger charge is -2.54. The van der Waals surface area contributed by atoms with Gasteiger partial charge in [-0.3, -0.25) is 9.59 Å². The van der Waals surface area contributed by atoms with E-state index in [0.717, 1.165) is 57.2 Å². The first-order chi connectivity index (χ1) is 13.7. The number of likely N-dealkylation sites (tertiary alicyclic amines) is 1. The van der Waals surface area contributed by atoms with Crippen LogP contribution in [-0.4, -0.2) is 60.5 Å². The van der Waals surface area contributed by atoms with E-state index in [-0.39, 0.29) is 17.7 Å². The van der Waals surface area contributed by atoms with Gasteiger partial charge in [-0.1, -0.05) is 37.5 Å². The Labute approximate surface area is 168 Å². The smallest absolute Gasteiger partial charge is 0.254 e. The Kier molecular flexibility index (Phi) is 5.72. The van der Waals surface area contributed by atoms with E-state index < -0.39 is 5.54 Å². The maximum Gasteiger partial charge on any atom is 0.254 e. The molecule has 1 aliphatic carbocycles. The van der Waals surface area contributed by atoms with Gasteiger partial charge in [0.15, 0.2) is 0 Å². The SMILES string of the molecule is COCCN1C(=O)c2ccccc2C(C(=O)N2CCCCC2)C12CCCCC2. The molecule has 1 saturated carbocycles. The van der Waals surface area contributed by atoms with Crippen molar-refractivity contribution in [2.75, 3.05) is 33.4 Å². The monoisotopic (exact) mass is 384 g/mol. The zero-order valence-electron chi connectivity index (χ0n) is 17.0. The molecule has 28 heavy (non-hydrogen) atoms. The van der Waals surface area contributed by atoms with Crippen LogP contribution >= 0.6 is 0 Å². The molecular weight excluding hydrogens is 352 g/mol. The maximum absolute atomic E-state index is 13.9. The van der Waals surface area contributed by atoms with Crippen molar-refractivity contribution < 1.29 is 14.3 Å². The quantitative estimate of drug-likeness (QED) is 0.797. The van der Waals surface area contributed by atoms with Crippen molar-refractivity contribution in [3.63, 3.8) is 0 Å². The van der Waals surface area contributed by atoms with Gasteiger partial charge < -0.3 is 14.5 Å². The number of amides is 2. The third-order valence-corrected chi connectivity index (χ3v) is 6.98. The summed E-state index contributed by atoms with van der Waals surface area (Å²) in [6, 6.07) is 7.80. The summed E-state index contributed by atoms with van der Waals surface area (Å²) in [6.45, 7) is 2.74. The second-order valence-corrected chi connectivity index (χ2v) is 8.52. The van der Waals surface area contributed by atoms with Gasteiger partial charge in [0.2, 0.25) is 5.91 Å². The number of piperidine rings is 1. The highest BCUT2D eigenvalue weighted by Crippen LogP contribution is 2.49. The zero-order valence-corrected chi connectivity index (χ0v) is 17.0. The molecule has 4 rings (SSSR count). The van der Waals surface area contributed by atoms with Gasteiger partial charge in [-0.05, 0) is 43.7 Å². The molecule has 1 aromatic carbocycles. The van der Waals surface area contributed by atoms with Crippen LogP contribution in [0.15, 0.2) is 24.3 Å². The Hall–Kier alpha value is -1.88. The number of nitrogens with zero attached hydrogens (tertiary/aromatic N) is 2. The number of hydrogen-bond acceptors (Lipinski definition) is 3. The topological polar surface area (TPSA) is 49.9 Å². The summed E-state index contributed by atoms with van der Waals surface area (Å²) in [6.07, 6.45) is 8.50. The van der Waals surface area contributed by atoms with E-state index >= 15 is 0 Å². The first-order valence-corrected chi connectivity index (χ1v) is 10.9. The van der Waals surface area contributed by atoms with E-state index in [2.05, 4.69) is 4.90 Å². The summed E-state index contributed by atoms with van der Waals surface area (Å²) in [5.41, 5.74) is 1.24. The molecule has 2 heterocycles. The van der Waals surface area contributed by atoms with E-state index in [1.54, 1.807) is 7.11 Å². The van der Waals surface area contributed by atoms with Crippen molar-refractivity contribution in [3.8, 4) is 0 Å². The van der Waals surface area contributed by atoms with Crippen LogP contribution in [0, 0.1) is 0 Å². The summed E-state index contributed by atoms with van der Waals surface area (Å²) in [4.78, 5) is 31.4. The lowest BCUT2D eigenvalue weighted by molar-refractivity contribution is -0.139. The van der Waals surface area contributed by atoms with Crippen LogP contribution in [0.5, 0.6) is 0 Å². The van der Waals surface area contributed by atoms with Crippen LogP contribution in [0.4, 0.5) is 0 Å². The molecule has 0 N–H and O–H groups in total. The van der Waals surface area contributed by atoms with Crippen molar-refractivity contribution in [2.45, 2.75) is 62.8 Å². The molecule has 2 aliphatic heterocycles. The maximum atomic E-state index is 13.9. The summed E-state index contributed by atoms with van der Waals surface area (Å²) in [5.74, 6) is 0.0397. The second kappa shape index (κ2) is 8.24. The molecule has 3 aliphatic rings. The Bertz CT molecular complexity index is 720. The van der Waals surface area contributed by atoms with Crippen molar-refractivity contribution in [1.82, 2.24) is 9.80 Å². The Morgan fingerprint density at radius 1 is 1.07 bits per heavy atom. The van der Waals surface area contributed by atoms with Gasteiger partial charge in [-0.25, -0.2) is 0 Å². The highest BCUT2D eigenvalue weighted by molar-refractivity contribution is 6.02. The number of fused-ring (bicyclic) bond motifs is 1. The molecule has 0 aromatic heterocycles. The van der Waals surface area contributed by atoms with Gasteiger partial charge >= 0.3 is 0 Å². The molecule has 1 aromatic rings. The number of hydrogen-bond donors (Lipinski definition) is 0. The van der Waals surface area contributed by atoms with Gasteiger partial charge in [-0.15, -0.1) is 0 Å². The first-order valence-electron chi connectivity index (χ1n) is 10.9. The summed E-state index contributed by atoms with van der Waals surface area (Å²) >= 11 is 0. The van der Waals surface area contributed by atoms with Crippen molar-refractivity contribution in [3.05, 3.63) is 35.4 Å². The average Bonchev–Trinajstić information content (AvgIpc) is 2.75. The average molecular weight is 385 g/mol. The number of rotatable bonds is 4.